The van der Waals surface area contributed by atoms with Gasteiger partial charge in [-0.1, -0.05) is 5.16 Å². The number of carbonyl (C=O) groups is 4. The predicted molar refractivity (Wildman–Crippen MR) is 145 cm³/mol. The first-order valence-corrected chi connectivity index (χ1v) is 14.9. The van der Waals surface area contributed by atoms with E-state index in [-0.39, 0.29) is 22.6 Å². The maximum Gasteiger partial charge on any atom is 0.358 e. The molecular weight excluding hydrogens is 570 g/mol. The maximum atomic E-state index is 13.2. The van der Waals surface area contributed by atoms with Crippen molar-refractivity contribution in [2.45, 2.75) is 51.1 Å². The number of hydrogen-bond acceptors (Lipinski definition) is 14. The van der Waals surface area contributed by atoms with E-state index in [1.54, 1.807) is 20.8 Å². The SMILES string of the molecule is CC(C)(C)C(=O)OCOC(=O)C1=C(SCC2CCCO2)CS[C@H]2C(NC(=O)/C(=N\O)c3csc(N)n3)C(=O)N12. The Labute approximate surface area is 236 Å². The fraction of sp³-hybridized carbons (Fsp3) is 0.565. The standard InChI is InChI=1S/C23H29N5O8S3/c1-23(2,3)21(32)36-10-35-20(31)16-13(37-7-11-5-4-6-34-11)9-38-19-15(18(30)28(16)19)26-17(29)14(27-33)12-8-39-22(24)25-12/h8,11,15,19,33H,4-7,9-10H2,1-3H3,(H2,24,25)(H,26,29)/b27-14-/t11?,15?,19-/m0/s1. The lowest BCUT2D eigenvalue weighted by Crippen LogP contribution is -2.71. The third kappa shape index (κ3) is 6.50. The van der Waals surface area contributed by atoms with Crippen LogP contribution >= 0.6 is 34.9 Å². The number of carbonyl (C=O) groups excluding carboxylic acids is 4. The van der Waals surface area contributed by atoms with Crippen molar-refractivity contribution in [3.8, 4) is 0 Å². The Morgan fingerprint density at radius 1 is 1.36 bits per heavy atom. The molecule has 0 saturated carbocycles. The van der Waals surface area contributed by atoms with Gasteiger partial charge in [0.05, 0.1) is 11.5 Å². The highest BCUT2D eigenvalue weighted by atomic mass is 32.2. The monoisotopic (exact) mass is 599 g/mol. The number of fused-ring (bicyclic) bond motifs is 1. The average molecular weight is 600 g/mol. The lowest BCUT2D eigenvalue weighted by Gasteiger charge is -2.49. The summed E-state index contributed by atoms with van der Waals surface area (Å²) in [7, 11) is 0. The summed E-state index contributed by atoms with van der Waals surface area (Å²) in [6.45, 7) is 5.10. The van der Waals surface area contributed by atoms with E-state index in [4.69, 9.17) is 19.9 Å². The predicted octanol–water partition coefficient (Wildman–Crippen LogP) is 1.52. The zero-order valence-corrected chi connectivity index (χ0v) is 24.0. The molecule has 13 nitrogen and oxygen atoms in total. The molecule has 1 aromatic rings. The number of nitrogens with one attached hydrogen (secondary N) is 1. The Morgan fingerprint density at radius 3 is 2.74 bits per heavy atom. The Balaban J connectivity index is 1.47. The summed E-state index contributed by atoms with van der Waals surface area (Å²) in [5, 5.41) is 16.0. The van der Waals surface area contributed by atoms with Gasteiger partial charge in [-0.25, -0.2) is 9.78 Å². The molecule has 4 heterocycles. The number of ether oxygens (including phenoxy) is 3. The summed E-state index contributed by atoms with van der Waals surface area (Å²) in [5.74, 6) is -1.72. The molecule has 3 atom stereocenters. The molecule has 0 radical (unpaired) electrons. The second-order valence-corrected chi connectivity index (χ2v) is 12.9. The number of nitrogens with zero attached hydrogens (tertiary/aromatic N) is 3. The van der Waals surface area contributed by atoms with Crippen LogP contribution in [0.4, 0.5) is 5.13 Å². The quantitative estimate of drug-likeness (QED) is 0.0930. The molecule has 3 aliphatic rings. The van der Waals surface area contributed by atoms with Gasteiger partial charge >= 0.3 is 11.9 Å². The van der Waals surface area contributed by atoms with Crippen LogP contribution in [0.2, 0.25) is 0 Å². The van der Waals surface area contributed by atoms with E-state index in [2.05, 4.69) is 15.5 Å². The van der Waals surface area contributed by atoms with E-state index in [1.807, 2.05) is 0 Å². The van der Waals surface area contributed by atoms with Gasteiger partial charge < -0.3 is 30.5 Å². The van der Waals surface area contributed by atoms with Crippen molar-refractivity contribution in [2.24, 2.45) is 10.6 Å². The van der Waals surface area contributed by atoms with Crippen molar-refractivity contribution in [3.05, 3.63) is 21.7 Å². The van der Waals surface area contributed by atoms with Crippen molar-refractivity contribution in [1.82, 2.24) is 15.2 Å². The number of hydrogen-bond donors (Lipinski definition) is 3. The van der Waals surface area contributed by atoms with E-state index in [0.29, 0.717) is 23.0 Å². The fourth-order valence-electron chi connectivity index (χ4n) is 3.90. The van der Waals surface area contributed by atoms with Gasteiger partial charge in [-0.3, -0.25) is 19.3 Å². The lowest BCUT2D eigenvalue weighted by molar-refractivity contribution is -0.173. The number of thiazole rings is 1. The van der Waals surface area contributed by atoms with Crippen molar-refractivity contribution < 1.29 is 38.6 Å². The van der Waals surface area contributed by atoms with Gasteiger partial charge in [-0.15, -0.1) is 34.9 Å². The smallest absolute Gasteiger partial charge is 0.358 e. The van der Waals surface area contributed by atoms with Gasteiger partial charge in [0.2, 0.25) is 6.79 Å². The van der Waals surface area contributed by atoms with E-state index in [0.717, 1.165) is 24.2 Å². The second-order valence-electron chi connectivity index (χ2n) is 9.83. The van der Waals surface area contributed by atoms with Crippen molar-refractivity contribution >= 4 is 69.5 Å². The topological polar surface area (TPSA) is 183 Å². The van der Waals surface area contributed by atoms with Crippen LogP contribution in [0.15, 0.2) is 21.1 Å². The summed E-state index contributed by atoms with van der Waals surface area (Å²) in [6.07, 6.45) is 1.92. The van der Waals surface area contributed by atoms with E-state index in [9.17, 15) is 24.4 Å². The molecule has 2 amide bonds. The number of esters is 2. The van der Waals surface area contributed by atoms with Crippen LogP contribution in [-0.4, -0.2) is 87.0 Å². The molecule has 2 unspecified atom stereocenters. The van der Waals surface area contributed by atoms with Crippen LogP contribution in [0.5, 0.6) is 0 Å². The van der Waals surface area contributed by atoms with Crippen LogP contribution < -0.4 is 11.1 Å². The van der Waals surface area contributed by atoms with Gasteiger partial charge in [-0.05, 0) is 33.6 Å². The number of rotatable bonds is 9. The zero-order chi connectivity index (χ0) is 28.3. The molecule has 0 aliphatic carbocycles. The number of thioether (sulfide) groups is 2. The molecular formula is C23H29N5O8S3. The highest BCUT2D eigenvalue weighted by Gasteiger charge is 2.55. The minimum atomic E-state index is -0.985. The van der Waals surface area contributed by atoms with Crippen LogP contribution in [0.3, 0.4) is 0 Å². The normalized spacial score (nSPS) is 23.3. The first-order valence-electron chi connectivity index (χ1n) is 12.0. The molecule has 0 bridgehead atoms. The third-order valence-corrected chi connectivity index (χ3v) is 9.31. The molecule has 3 aliphatic heterocycles. The van der Waals surface area contributed by atoms with Gasteiger partial charge in [0.25, 0.3) is 11.8 Å². The molecule has 2 saturated heterocycles. The van der Waals surface area contributed by atoms with Gasteiger partial charge in [0.1, 0.15) is 22.8 Å². The molecule has 1 aromatic heterocycles. The van der Waals surface area contributed by atoms with Gasteiger partial charge in [-0.2, -0.15) is 0 Å². The highest BCUT2D eigenvalue weighted by molar-refractivity contribution is 8.06. The molecule has 4 rings (SSSR count). The zero-order valence-electron chi connectivity index (χ0n) is 21.5. The van der Waals surface area contributed by atoms with Crippen LogP contribution in [0, 0.1) is 5.41 Å². The number of aromatic nitrogens is 1. The maximum absolute atomic E-state index is 13.2. The molecule has 4 N–H and O–H groups in total. The number of anilines is 1. The molecule has 0 aromatic carbocycles. The minimum Gasteiger partial charge on any atom is -0.427 e. The summed E-state index contributed by atoms with van der Waals surface area (Å²) in [4.78, 5) is 57.1. The highest BCUT2D eigenvalue weighted by Crippen LogP contribution is 2.44. The molecule has 16 heteroatoms. The van der Waals surface area contributed by atoms with Crippen molar-refractivity contribution in [1.29, 1.82) is 0 Å². The van der Waals surface area contributed by atoms with Crippen molar-refractivity contribution in [2.75, 3.05) is 30.6 Å². The number of amides is 2. The number of nitrogens with two attached hydrogens (primary N) is 1. The summed E-state index contributed by atoms with van der Waals surface area (Å²) < 4.78 is 16.0. The number of nitrogen functional groups attached to an aromatic ring is 1. The average Bonchev–Trinajstić information content (AvgIpc) is 3.57. The number of β-lactam (4-membered cyclic amide) rings is 1. The fourth-order valence-corrected chi connectivity index (χ4v) is 7.15. The third-order valence-electron chi connectivity index (χ3n) is 5.95. The Hall–Kier alpha value is -2.82. The summed E-state index contributed by atoms with van der Waals surface area (Å²) in [6, 6.07) is -0.985. The van der Waals surface area contributed by atoms with Crippen LogP contribution in [-0.2, 0) is 33.4 Å². The largest absolute Gasteiger partial charge is 0.427 e. The van der Waals surface area contributed by atoms with Crippen LogP contribution in [0.25, 0.3) is 0 Å². The van der Waals surface area contributed by atoms with Crippen molar-refractivity contribution in [3.63, 3.8) is 0 Å². The molecule has 39 heavy (non-hydrogen) atoms. The Kier molecular flexibility index (Phi) is 9.08. The van der Waals surface area contributed by atoms with E-state index in [1.165, 1.54) is 33.8 Å². The van der Waals surface area contributed by atoms with Gasteiger partial charge in [0.15, 0.2) is 10.8 Å². The minimum absolute atomic E-state index is 0.0466. The molecule has 212 valence electrons. The summed E-state index contributed by atoms with van der Waals surface area (Å²) >= 11 is 3.85. The second kappa shape index (κ2) is 12.1. The van der Waals surface area contributed by atoms with Gasteiger partial charge in [0, 0.05) is 28.4 Å². The van der Waals surface area contributed by atoms with E-state index >= 15 is 0 Å². The summed E-state index contributed by atoms with van der Waals surface area (Å²) in [5.41, 5.74) is 4.55. The lowest BCUT2D eigenvalue weighted by atomic mass is 9.98. The first kappa shape index (κ1) is 29.2. The molecule has 2 fully saturated rings. The number of oxime groups is 1. The Bertz CT molecular complexity index is 1200. The van der Waals surface area contributed by atoms with E-state index < -0.39 is 53.1 Å². The molecule has 0 spiro atoms. The first-order chi connectivity index (χ1) is 18.5. The van der Waals surface area contributed by atoms with Crippen LogP contribution in [0.1, 0.15) is 39.3 Å². The Morgan fingerprint density at radius 2 is 2.13 bits per heavy atom.